The molecular formula is C12H22NaO6P. The van der Waals surface area contributed by atoms with Gasteiger partial charge >= 0.3 is 35.5 Å². The largest absolute Gasteiger partial charge is 1.00 e. The van der Waals surface area contributed by atoms with Crippen LogP contribution in [0.1, 0.15) is 39.5 Å². The zero-order valence-electron chi connectivity index (χ0n) is 12.6. The van der Waals surface area contributed by atoms with E-state index in [0.717, 1.165) is 12.8 Å². The molecule has 0 aliphatic carbocycles. The van der Waals surface area contributed by atoms with Crippen molar-refractivity contribution in [3.8, 4) is 0 Å². The van der Waals surface area contributed by atoms with E-state index in [1.807, 2.05) is 6.92 Å². The number of phosphoric acid groups is 1. The van der Waals surface area contributed by atoms with Crippen molar-refractivity contribution in [1.29, 1.82) is 0 Å². The normalized spacial score (nSPS) is 13.2. The number of unbranched alkanes of at least 4 members (excludes halogenated alkanes) is 2. The van der Waals surface area contributed by atoms with Crippen LogP contribution in [-0.2, 0) is 23.1 Å². The average molecular weight is 316 g/mol. The number of phosphoric ester groups is 1. The summed E-state index contributed by atoms with van der Waals surface area (Å²) in [5, 5.41) is 0. The third kappa shape index (κ3) is 13.3. The topological polar surface area (TPSA) is 84.9 Å². The predicted molar refractivity (Wildman–Crippen MR) is 69.4 cm³/mol. The molecule has 0 saturated heterocycles. The van der Waals surface area contributed by atoms with Gasteiger partial charge in [0.05, 0.1) is 19.8 Å². The third-order valence-corrected chi connectivity index (χ3v) is 3.11. The van der Waals surface area contributed by atoms with Crippen LogP contribution in [0.4, 0.5) is 0 Å². The summed E-state index contributed by atoms with van der Waals surface area (Å²) >= 11 is 0. The molecule has 0 heterocycles. The Morgan fingerprint density at radius 3 is 2.20 bits per heavy atom. The maximum Gasteiger partial charge on any atom is 1.00 e. The Hall–Kier alpha value is 0.320. The Balaban J connectivity index is 0. The van der Waals surface area contributed by atoms with Crippen molar-refractivity contribution in [2.75, 3.05) is 19.8 Å². The van der Waals surface area contributed by atoms with Gasteiger partial charge in [0.2, 0.25) is 0 Å². The molecule has 0 fully saturated rings. The molecule has 0 spiro atoms. The van der Waals surface area contributed by atoms with E-state index in [1.54, 1.807) is 0 Å². The summed E-state index contributed by atoms with van der Waals surface area (Å²) in [6, 6.07) is 0. The van der Waals surface area contributed by atoms with Gasteiger partial charge in [0.15, 0.2) is 0 Å². The standard InChI is InChI=1S/C12H23O6P.Na/c1-4-5-6-9-17-19(14,15)18-10-7-8-16-12(13)11(2)3;/h2,4-10H2,1,3H3,(H,14,15);/q;+1/p-1. The van der Waals surface area contributed by atoms with Crippen molar-refractivity contribution in [1.82, 2.24) is 0 Å². The van der Waals surface area contributed by atoms with Crippen LogP contribution >= 0.6 is 7.82 Å². The van der Waals surface area contributed by atoms with Gasteiger partial charge in [-0.15, -0.1) is 0 Å². The number of hydrogen-bond donors (Lipinski definition) is 0. The van der Waals surface area contributed by atoms with Gasteiger partial charge in [-0.1, -0.05) is 26.3 Å². The van der Waals surface area contributed by atoms with Crippen molar-refractivity contribution in [3.05, 3.63) is 12.2 Å². The molecule has 0 N–H and O–H groups in total. The SMILES string of the molecule is C=C(C)C(=O)OCCCOP(=O)([O-])OCCCCC.[Na+]. The molecule has 1 unspecified atom stereocenters. The van der Waals surface area contributed by atoms with Crippen molar-refractivity contribution in [3.63, 3.8) is 0 Å². The van der Waals surface area contributed by atoms with Gasteiger partial charge in [0.25, 0.3) is 7.82 Å². The molecule has 0 bridgehead atoms. The van der Waals surface area contributed by atoms with E-state index in [0.29, 0.717) is 12.0 Å². The van der Waals surface area contributed by atoms with E-state index in [-0.39, 0.29) is 55.8 Å². The van der Waals surface area contributed by atoms with Gasteiger partial charge in [-0.25, -0.2) is 4.79 Å². The molecule has 0 saturated carbocycles. The van der Waals surface area contributed by atoms with E-state index in [1.165, 1.54) is 6.92 Å². The van der Waals surface area contributed by atoms with E-state index in [2.05, 4.69) is 15.6 Å². The zero-order valence-corrected chi connectivity index (χ0v) is 15.4. The summed E-state index contributed by atoms with van der Waals surface area (Å²) in [5.74, 6) is -0.499. The molecule has 112 valence electrons. The first-order valence-electron chi connectivity index (χ1n) is 6.32. The van der Waals surface area contributed by atoms with Crippen LogP contribution in [0, 0.1) is 0 Å². The summed E-state index contributed by atoms with van der Waals surface area (Å²) in [6.45, 7) is 7.12. The van der Waals surface area contributed by atoms with Gasteiger partial charge in [-0.05, 0) is 13.3 Å². The summed E-state index contributed by atoms with van der Waals surface area (Å²) in [4.78, 5) is 22.3. The third-order valence-electron chi connectivity index (χ3n) is 2.12. The van der Waals surface area contributed by atoms with E-state index in [9.17, 15) is 14.3 Å². The maximum atomic E-state index is 11.3. The fourth-order valence-electron chi connectivity index (χ4n) is 1.09. The Labute approximate surface area is 142 Å². The van der Waals surface area contributed by atoms with Gasteiger partial charge < -0.3 is 18.7 Å². The van der Waals surface area contributed by atoms with Crippen molar-refractivity contribution < 1.29 is 57.6 Å². The van der Waals surface area contributed by atoms with E-state index < -0.39 is 13.8 Å². The minimum atomic E-state index is -4.22. The molecule has 8 heteroatoms. The summed E-state index contributed by atoms with van der Waals surface area (Å²) in [5.41, 5.74) is 0.301. The van der Waals surface area contributed by atoms with Gasteiger partial charge in [0.1, 0.15) is 0 Å². The van der Waals surface area contributed by atoms with Crippen LogP contribution in [-0.4, -0.2) is 25.8 Å². The second-order valence-corrected chi connectivity index (χ2v) is 5.50. The van der Waals surface area contributed by atoms with Crippen LogP contribution in [0.5, 0.6) is 0 Å². The van der Waals surface area contributed by atoms with Crippen LogP contribution in [0.25, 0.3) is 0 Å². The molecule has 0 aromatic carbocycles. The van der Waals surface area contributed by atoms with E-state index >= 15 is 0 Å². The smallest absolute Gasteiger partial charge is 0.756 e. The van der Waals surface area contributed by atoms with Crippen molar-refractivity contribution in [2.24, 2.45) is 0 Å². The van der Waals surface area contributed by atoms with E-state index in [4.69, 9.17) is 4.74 Å². The summed E-state index contributed by atoms with van der Waals surface area (Å²) < 4.78 is 25.3. The van der Waals surface area contributed by atoms with Crippen molar-refractivity contribution >= 4 is 13.8 Å². The molecule has 0 amide bonds. The van der Waals surface area contributed by atoms with Crippen molar-refractivity contribution in [2.45, 2.75) is 39.5 Å². The summed E-state index contributed by atoms with van der Waals surface area (Å²) in [7, 11) is -4.22. The first-order chi connectivity index (χ1) is 8.89. The quantitative estimate of drug-likeness (QED) is 0.163. The minimum absolute atomic E-state index is 0. The molecule has 0 aliphatic rings. The van der Waals surface area contributed by atoms with Crippen LogP contribution in [0.2, 0.25) is 0 Å². The maximum absolute atomic E-state index is 11.3. The number of carbonyl (C=O) groups is 1. The number of ether oxygens (including phenoxy) is 1. The van der Waals surface area contributed by atoms with Crippen LogP contribution in [0.3, 0.4) is 0 Å². The second kappa shape index (κ2) is 13.0. The number of hydrogen-bond acceptors (Lipinski definition) is 6. The number of carbonyl (C=O) groups excluding carboxylic acids is 1. The minimum Gasteiger partial charge on any atom is -0.756 e. The Kier molecular flexibility index (Phi) is 14.7. The van der Waals surface area contributed by atoms with Gasteiger partial charge in [0, 0.05) is 12.0 Å². The fourth-order valence-corrected chi connectivity index (χ4v) is 1.87. The van der Waals surface area contributed by atoms with Gasteiger partial charge in [-0.2, -0.15) is 0 Å². The van der Waals surface area contributed by atoms with Gasteiger partial charge in [-0.3, -0.25) is 4.57 Å². The Morgan fingerprint density at radius 1 is 1.15 bits per heavy atom. The Morgan fingerprint density at radius 2 is 1.70 bits per heavy atom. The van der Waals surface area contributed by atoms with Crippen LogP contribution in [0.15, 0.2) is 12.2 Å². The fraction of sp³-hybridized carbons (Fsp3) is 0.750. The first-order valence-corrected chi connectivity index (χ1v) is 7.78. The Bertz CT molecular complexity index is 334. The number of rotatable bonds is 11. The first kappa shape index (κ1) is 22.6. The zero-order chi connectivity index (χ0) is 14.7. The molecule has 1 atom stereocenters. The molecule has 0 aliphatic heterocycles. The average Bonchev–Trinajstić information content (AvgIpc) is 2.33. The molecule has 0 aromatic heterocycles. The summed E-state index contributed by atoms with van der Waals surface area (Å²) in [6.07, 6.45) is 2.87. The molecule has 0 rings (SSSR count). The molecule has 0 aromatic rings. The number of esters is 1. The molecule has 6 nitrogen and oxygen atoms in total. The predicted octanol–water partition coefficient (Wildman–Crippen LogP) is -0.808. The van der Waals surface area contributed by atoms with Crippen LogP contribution < -0.4 is 34.5 Å². The molecular weight excluding hydrogens is 294 g/mol. The molecule has 20 heavy (non-hydrogen) atoms. The monoisotopic (exact) mass is 316 g/mol. The second-order valence-electron chi connectivity index (χ2n) is 4.09. The molecule has 0 radical (unpaired) electrons.